The first kappa shape index (κ1) is 28.0. The molecular weight excluding hydrogens is 531 g/mol. The third-order valence-electron chi connectivity index (χ3n) is 4.60. The molecule has 196 valence electrons. The average molecular weight is 553 g/mol. The summed E-state index contributed by atoms with van der Waals surface area (Å²) in [5, 5.41) is 9.40. The number of benzene rings is 2. The quantitative estimate of drug-likeness (QED) is 0.204. The van der Waals surface area contributed by atoms with Gasteiger partial charge in [0, 0.05) is 22.5 Å². The van der Waals surface area contributed by atoms with Crippen molar-refractivity contribution in [3.05, 3.63) is 65.4 Å². The van der Waals surface area contributed by atoms with E-state index in [0.717, 1.165) is 0 Å². The molecule has 1 heterocycles. The van der Waals surface area contributed by atoms with Crippen LogP contribution >= 0.6 is 19.4 Å². The number of nitrogens with zero attached hydrogens (tertiary/aromatic N) is 2. The minimum Gasteiger partial charge on any atom is -0.465 e. The molecule has 0 unspecified atom stereocenters. The Bertz CT molecular complexity index is 1340. The second-order valence-electron chi connectivity index (χ2n) is 7.37. The molecule has 0 saturated carbocycles. The number of phosphoric ester groups is 1. The summed E-state index contributed by atoms with van der Waals surface area (Å²) in [6, 6.07) is 11.0. The predicted molar refractivity (Wildman–Crippen MR) is 132 cm³/mol. The highest BCUT2D eigenvalue weighted by Gasteiger charge is 2.16. The topological polar surface area (TPSA) is 178 Å². The van der Waals surface area contributed by atoms with Crippen molar-refractivity contribution in [1.82, 2.24) is 9.78 Å². The number of hydrogen-bond acceptors (Lipinski definition) is 8. The summed E-state index contributed by atoms with van der Waals surface area (Å²) < 4.78 is 26.3. The van der Waals surface area contributed by atoms with Crippen molar-refractivity contribution in [1.29, 1.82) is 0 Å². The lowest BCUT2D eigenvalue weighted by atomic mass is 10.1. The molecule has 0 spiro atoms. The Hall–Kier alpha value is -3.58. The SMILES string of the molecule is COC(=O)c1cc(Cl)ccc1NC(=O)COCC(=O)Nc1cccc(-c2cnn(COP(=O)(O)O)c2)c1. The fourth-order valence-electron chi connectivity index (χ4n) is 3.02. The molecule has 0 radical (unpaired) electrons. The largest absolute Gasteiger partial charge is 0.471 e. The molecule has 0 fully saturated rings. The van der Waals surface area contributed by atoms with Crippen LogP contribution in [-0.4, -0.2) is 57.7 Å². The monoisotopic (exact) mass is 552 g/mol. The molecule has 0 aliphatic carbocycles. The minimum absolute atomic E-state index is 0.0702. The van der Waals surface area contributed by atoms with Gasteiger partial charge < -0.3 is 29.9 Å². The Kier molecular flexibility index (Phi) is 9.53. The number of anilines is 2. The Morgan fingerprint density at radius 3 is 2.49 bits per heavy atom. The van der Waals surface area contributed by atoms with E-state index in [1.165, 1.54) is 42.4 Å². The molecule has 0 saturated heterocycles. The van der Waals surface area contributed by atoms with Gasteiger partial charge in [0.05, 0.1) is 24.6 Å². The third-order valence-corrected chi connectivity index (χ3v) is 5.29. The summed E-state index contributed by atoms with van der Waals surface area (Å²) in [6.07, 6.45) is 2.99. The van der Waals surface area contributed by atoms with Gasteiger partial charge in [0.25, 0.3) is 0 Å². The van der Waals surface area contributed by atoms with Gasteiger partial charge in [-0.05, 0) is 35.9 Å². The summed E-state index contributed by atoms with van der Waals surface area (Å²) in [4.78, 5) is 53.9. The van der Waals surface area contributed by atoms with Crippen molar-refractivity contribution >= 4 is 48.6 Å². The fraction of sp³-hybridized carbons (Fsp3) is 0.182. The molecule has 3 aromatic rings. The zero-order valence-electron chi connectivity index (χ0n) is 19.3. The Morgan fingerprint density at radius 1 is 1.05 bits per heavy atom. The van der Waals surface area contributed by atoms with Crippen LogP contribution in [0.25, 0.3) is 11.1 Å². The summed E-state index contributed by atoms with van der Waals surface area (Å²) >= 11 is 5.89. The number of nitrogens with one attached hydrogen (secondary N) is 2. The number of ether oxygens (including phenoxy) is 2. The Balaban J connectivity index is 1.50. The molecule has 1 aromatic heterocycles. The first-order valence-electron chi connectivity index (χ1n) is 10.4. The van der Waals surface area contributed by atoms with Crippen LogP contribution in [0.2, 0.25) is 5.02 Å². The molecule has 0 bridgehead atoms. The number of aromatic nitrogens is 2. The molecule has 2 aromatic carbocycles. The average Bonchev–Trinajstić information content (AvgIpc) is 3.32. The van der Waals surface area contributed by atoms with Crippen LogP contribution in [0.4, 0.5) is 11.4 Å². The summed E-state index contributed by atoms with van der Waals surface area (Å²) in [7, 11) is -3.43. The number of rotatable bonds is 11. The highest BCUT2D eigenvalue weighted by Crippen LogP contribution is 2.36. The molecule has 2 amide bonds. The lowest BCUT2D eigenvalue weighted by molar-refractivity contribution is -0.125. The summed E-state index contributed by atoms with van der Waals surface area (Å²) in [5.41, 5.74) is 1.99. The summed E-state index contributed by atoms with van der Waals surface area (Å²) in [6.45, 7) is -1.31. The third kappa shape index (κ3) is 8.79. The molecule has 0 aliphatic rings. The smallest absolute Gasteiger partial charge is 0.465 e. The first-order chi connectivity index (χ1) is 17.5. The van der Waals surface area contributed by atoms with Crippen molar-refractivity contribution in [2.24, 2.45) is 0 Å². The van der Waals surface area contributed by atoms with Gasteiger partial charge in [0.2, 0.25) is 11.8 Å². The second kappa shape index (κ2) is 12.6. The van der Waals surface area contributed by atoms with E-state index in [-0.39, 0.29) is 16.3 Å². The number of phosphoric acid groups is 1. The van der Waals surface area contributed by atoms with Gasteiger partial charge in [-0.15, -0.1) is 0 Å². The Morgan fingerprint density at radius 2 is 1.78 bits per heavy atom. The highest BCUT2D eigenvalue weighted by atomic mass is 35.5. The second-order valence-corrected chi connectivity index (χ2v) is 9.04. The molecule has 0 atom stereocenters. The number of hydrogen-bond donors (Lipinski definition) is 4. The van der Waals surface area contributed by atoms with Gasteiger partial charge in [-0.3, -0.25) is 14.1 Å². The lowest BCUT2D eigenvalue weighted by Crippen LogP contribution is -2.24. The molecule has 3 rings (SSSR count). The van der Waals surface area contributed by atoms with Gasteiger partial charge in [-0.2, -0.15) is 5.10 Å². The molecule has 4 N–H and O–H groups in total. The van der Waals surface area contributed by atoms with Crippen LogP contribution in [0, 0.1) is 0 Å². The zero-order chi connectivity index (χ0) is 27.0. The number of halogens is 1. The lowest BCUT2D eigenvalue weighted by Gasteiger charge is -2.11. The van der Waals surface area contributed by atoms with Crippen LogP contribution in [0.1, 0.15) is 10.4 Å². The van der Waals surface area contributed by atoms with Crippen molar-refractivity contribution in [2.75, 3.05) is 31.0 Å². The van der Waals surface area contributed by atoms with Crippen LogP contribution < -0.4 is 10.6 Å². The maximum absolute atomic E-state index is 12.3. The maximum Gasteiger partial charge on any atom is 0.471 e. The van der Waals surface area contributed by atoms with Crippen LogP contribution in [0.5, 0.6) is 0 Å². The van der Waals surface area contributed by atoms with E-state index in [2.05, 4.69) is 25.0 Å². The van der Waals surface area contributed by atoms with E-state index in [9.17, 15) is 18.9 Å². The maximum atomic E-state index is 12.3. The zero-order valence-corrected chi connectivity index (χ0v) is 20.9. The normalized spacial score (nSPS) is 11.1. The highest BCUT2D eigenvalue weighted by molar-refractivity contribution is 7.46. The number of methoxy groups -OCH3 is 1. The van der Waals surface area contributed by atoms with Crippen molar-refractivity contribution in [2.45, 2.75) is 6.73 Å². The number of esters is 1. The first-order valence-corrected chi connectivity index (χ1v) is 12.3. The van der Waals surface area contributed by atoms with E-state index < -0.39 is 45.6 Å². The van der Waals surface area contributed by atoms with Gasteiger partial charge >= 0.3 is 13.8 Å². The van der Waals surface area contributed by atoms with Crippen molar-refractivity contribution in [3.63, 3.8) is 0 Å². The molecule has 0 aliphatic heterocycles. The minimum atomic E-state index is -4.63. The number of carbonyl (C=O) groups is 3. The van der Waals surface area contributed by atoms with Gasteiger partial charge in [-0.1, -0.05) is 23.7 Å². The molecule has 37 heavy (non-hydrogen) atoms. The van der Waals surface area contributed by atoms with Crippen molar-refractivity contribution < 1.29 is 42.7 Å². The summed E-state index contributed by atoms with van der Waals surface area (Å²) in [5.74, 6) is -1.79. The van der Waals surface area contributed by atoms with E-state index in [1.807, 2.05) is 0 Å². The van der Waals surface area contributed by atoms with E-state index in [1.54, 1.807) is 24.3 Å². The standard InChI is InChI=1S/C22H22ClN4O9P/c1-34-22(30)18-8-16(23)5-6-19(18)26-21(29)12-35-11-20(28)25-17-4-2-3-14(7-17)15-9-24-27(10-15)13-36-37(31,32)33/h2-10H,11-13H2,1H3,(H,25,28)(H,26,29)(H2,31,32,33). The molecular formula is C22H22ClN4O9P. The van der Waals surface area contributed by atoms with Crippen LogP contribution in [0.15, 0.2) is 54.9 Å². The van der Waals surface area contributed by atoms with Gasteiger partial charge in [-0.25, -0.2) is 14.0 Å². The molecule has 15 heteroatoms. The van der Waals surface area contributed by atoms with E-state index in [4.69, 9.17) is 26.1 Å². The number of carbonyl (C=O) groups excluding carboxylic acids is 3. The van der Waals surface area contributed by atoms with E-state index >= 15 is 0 Å². The Labute approximate surface area is 215 Å². The molecule has 13 nitrogen and oxygen atoms in total. The predicted octanol–water partition coefficient (Wildman–Crippen LogP) is 2.65. The fourth-order valence-corrected chi connectivity index (χ4v) is 3.46. The van der Waals surface area contributed by atoms with E-state index in [0.29, 0.717) is 16.8 Å². The van der Waals surface area contributed by atoms with Crippen LogP contribution in [-0.2, 0) is 34.9 Å². The van der Waals surface area contributed by atoms with Crippen molar-refractivity contribution in [3.8, 4) is 11.1 Å². The van der Waals surface area contributed by atoms with Crippen LogP contribution in [0.3, 0.4) is 0 Å². The van der Waals surface area contributed by atoms with Gasteiger partial charge in [0.1, 0.15) is 13.2 Å². The number of amides is 2. The van der Waals surface area contributed by atoms with Gasteiger partial charge in [0.15, 0.2) is 6.73 Å².